The Balaban J connectivity index is 1.65. The Labute approximate surface area is 167 Å². The fourth-order valence-electron chi connectivity index (χ4n) is 3.68. The fraction of sp³-hybridized carbons (Fsp3) is 0.318. The van der Waals surface area contributed by atoms with E-state index in [0.717, 1.165) is 31.1 Å². The van der Waals surface area contributed by atoms with Crippen molar-refractivity contribution < 1.29 is 14.3 Å². The molecule has 1 atom stereocenters. The van der Waals surface area contributed by atoms with Gasteiger partial charge in [0.25, 0.3) is 5.91 Å². The molecule has 2 aromatic heterocycles. The molecule has 1 fully saturated rings. The van der Waals surface area contributed by atoms with Gasteiger partial charge in [-0.15, -0.1) is 11.3 Å². The molecule has 144 valence electrons. The van der Waals surface area contributed by atoms with Gasteiger partial charge in [0.05, 0.1) is 5.52 Å². The lowest BCUT2D eigenvalue weighted by atomic mass is 9.95. The monoisotopic (exact) mass is 394 g/mol. The summed E-state index contributed by atoms with van der Waals surface area (Å²) in [7, 11) is 0. The predicted octanol–water partition coefficient (Wildman–Crippen LogP) is 4.64. The van der Waals surface area contributed by atoms with Gasteiger partial charge in [-0.1, -0.05) is 49.6 Å². The minimum atomic E-state index is -1.03. The van der Waals surface area contributed by atoms with Gasteiger partial charge in [0.2, 0.25) is 6.10 Å². The molecule has 1 aromatic carbocycles. The lowest BCUT2D eigenvalue weighted by Crippen LogP contribution is -2.40. The summed E-state index contributed by atoms with van der Waals surface area (Å²) in [5, 5.41) is 5.81. The van der Waals surface area contributed by atoms with Crippen molar-refractivity contribution in [3.05, 3.63) is 64.5 Å². The van der Waals surface area contributed by atoms with Crippen molar-refractivity contribution in [2.24, 2.45) is 0 Å². The first-order valence-electron chi connectivity index (χ1n) is 9.61. The summed E-state index contributed by atoms with van der Waals surface area (Å²) >= 11 is 1.30. The van der Waals surface area contributed by atoms with Gasteiger partial charge < -0.3 is 10.1 Å². The summed E-state index contributed by atoms with van der Waals surface area (Å²) in [6, 6.07) is 13.0. The van der Waals surface area contributed by atoms with Crippen LogP contribution in [-0.2, 0) is 9.53 Å². The van der Waals surface area contributed by atoms with Crippen molar-refractivity contribution in [3.63, 3.8) is 0 Å². The predicted molar refractivity (Wildman–Crippen MR) is 109 cm³/mol. The molecular formula is C22H22N2O3S. The van der Waals surface area contributed by atoms with E-state index in [1.807, 2.05) is 35.7 Å². The molecule has 1 aliphatic carbocycles. The highest BCUT2D eigenvalue weighted by atomic mass is 32.1. The number of hydrogen-bond acceptors (Lipinski definition) is 5. The third kappa shape index (κ3) is 4.07. The number of benzene rings is 1. The van der Waals surface area contributed by atoms with E-state index in [0.29, 0.717) is 16.0 Å². The molecule has 0 saturated heterocycles. The van der Waals surface area contributed by atoms with Crippen LogP contribution in [-0.4, -0.2) is 22.9 Å². The molecule has 2 heterocycles. The van der Waals surface area contributed by atoms with Gasteiger partial charge in [-0.2, -0.15) is 0 Å². The molecule has 3 aromatic rings. The summed E-state index contributed by atoms with van der Waals surface area (Å²) in [5.74, 6) is -0.776. The quantitative estimate of drug-likeness (QED) is 0.640. The van der Waals surface area contributed by atoms with Crippen molar-refractivity contribution in [1.82, 2.24) is 10.3 Å². The number of rotatable bonds is 5. The zero-order valence-corrected chi connectivity index (χ0v) is 16.3. The summed E-state index contributed by atoms with van der Waals surface area (Å²) < 4.78 is 5.71. The number of nitrogens with one attached hydrogen (secondary N) is 1. The second-order valence-electron chi connectivity index (χ2n) is 7.03. The molecule has 0 unspecified atom stereocenters. The number of nitrogens with zero attached hydrogens (tertiary/aromatic N) is 1. The Morgan fingerprint density at radius 1 is 1.07 bits per heavy atom. The van der Waals surface area contributed by atoms with Gasteiger partial charge in [-0.05, 0) is 30.4 Å². The van der Waals surface area contributed by atoms with E-state index < -0.39 is 12.1 Å². The number of fused-ring (bicyclic) bond motifs is 1. The number of para-hydroxylation sites is 1. The van der Waals surface area contributed by atoms with Gasteiger partial charge in [0.15, 0.2) is 0 Å². The largest absolute Gasteiger partial charge is 0.443 e. The molecule has 1 N–H and O–H groups in total. The highest BCUT2D eigenvalue weighted by Crippen LogP contribution is 2.28. The fourth-order valence-corrected chi connectivity index (χ4v) is 4.29. The van der Waals surface area contributed by atoms with E-state index >= 15 is 0 Å². The van der Waals surface area contributed by atoms with Gasteiger partial charge in [0, 0.05) is 23.2 Å². The number of pyridine rings is 1. The molecule has 4 rings (SSSR count). The number of amides is 1. The second-order valence-corrected chi connectivity index (χ2v) is 7.98. The number of esters is 1. The summed E-state index contributed by atoms with van der Waals surface area (Å²) in [5.41, 5.74) is 1.28. The molecule has 5 nitrogen and oxygen atoms in total. The van der Waals surface area contributed by atoms with Crippen LogP contribution < -0.4 is 5.32 Å². The van der Waals surface area contributed by atoms with Crippen LogP contribution >= 0.6 is 11.3 Å². The van der Waals surface area contributed by atoms with E-state index in [1.54, 1.807) is 18.3 Å². The smallest absolute Gasteiger partial charge is 0.349 e. The van der Waals surface area contributed by atoms with Crippen LogP contribution in [0.2, 0.25) is 0 Å². The number of carbonyl (C=O) groups excluding carboxylic acids is 2. The van der Waals surface area contributed by atoms with Gasteiger partial charge in [0.1, 0.15) is 4.88 Å². The minimum Gasteiger partial charge on any atom is -0.443 e. The molecule has 1 aliphatic rings. The van der Waals surface area contributed by atoms with Crippen LogP contribution in [0.25, 0.3) is 10.9 Å². The van der Waals surface area contributed by atoms with Crippen LogP contribution in [0, 0.1) is 0 Å². The topological polar surface area (TPSA) is 68.3 Å². The molecule has 1 saturated carbocycles. The SMILES string of the molecule is O=C(O[C@@H](C(=O)NC1CCCCC1)c1cccc2cccnc12)c1cccs1. The van der Waals surface area contributed by atoms with Crippen LogP contribution in [0.15, 0.2) is 54.0 Å². The third-order valence-corrected chi connectivity index (χ3v) is 5.93. The van der Waals surface area contributed by atoms with Crippen molar-refractivity contribution >= 4 is 34.1 Å². The van der Waals surface area contributed by atoms with E-state index in [2.05, 4.69) is 10.3 Å². The van der Waals surface area contributed by atoms with E-state index in [4.69, 9.17) is 4.74 Å². The van der Waals surface area contributed by atoms with Crippen molar-refractivity contribution in [2.75, 3.05) is 0 Å². The van der Waals surface area contributed by atoms with Crippen LogP contribution in [0.5, 0.6) is 0 Å². The standard InChI is InChI=1S/C22H22N2O3S/c25-21(24-16-9-2-1-3-10-16)20(27-22(26)18-12-6-14-28-18)17-11-4-7-15-8-5-13-23-19(15)17/h4-8,11-14,16,20H,1-3,9-10H2,(H,24,25)/t20-/m1/s1. The van der Waals surface area contributed by atoms with Gasteiger partial charge in [-0.3, -0.25) is 9.78 Å². The molecule has 0 radical (unpaired) electrons. The van der Waals surface area contributed by atoms with Crippen molar-refractivity contribution in [1.29, 1.82) is 0 Å². The average molecular weight is 394 g/mol. The second kappa shape index (κ2) is 8.52. The lowest BCUT2D eigenvalue weighted by molar-refractivity contribution is -0.131. The van der Waals surface area contributed by atoms with Crippen LogP contribution in [0.1, 0.15) is 53.4 Å². The van der Waals surface area contributed by atoms with Crippen LogP contribution in [0.4, 0.5) is 0 Å². The third-order valence-electron chi connectivity index (χ3n) is 5.08. The molecule has 1 amide bonds. The van der Waals surface area contributed by atoms with Gasteiger partial charge in [-0.25, -0.2) is 4.79 Å². The number of aromatic nitrogens is 1. The number of hydrogen-bond donors (Lipinski definition) is 1. The number of carbonyl (C=O) groups is 2. The Kier molecular flexibility index (Phi) is 5.67. The minimum absolute atomic E-state index is 0.132. The number of thiophene rings is 1. The maximum absolute atomic E-state index is 13.1. The highest BCUT2D eigenvalue weighted by molar-refractivity contribution is 7.11. The Bertz CT molecular complexity index is 960. The van der Waals surface area contributed by atoms with E-state index in [1.165, 1.54) is 17.8 Å². The Morgan fingerprint density at radius 2 is 1.89 bits per heavy atom. The molecule has 0 aliphatic heterocycles. The van der Waals surface area contributed by atoms with Crippen molar-refractivity contribution in [2.45, 2.75) is 44.2 Å². The first-order chi connectivity index (χ1) is 13.7. The lowest BCUT2D eigenvalue weighted by Gasteiger charge is -2.26. The first kappa shape index (κ1) is 18.6. The molecular weight excluding hydrogens is 372 g/mol. The molecule has 0 bridgehead atoms. The highest BCUT2D eigenvalue weighted by Gasteiger charge is 2.30. The normalized spacial score (nSPS) is 15.9. The summed E-state index contributed by atoms with van der Waals surface area (Å²) in [6.07, 6.45) is 6.01. The molecule has 28 heavy (non-hydrogen) atoms. The maximum atomic E-state index is 13.1. The summed E-state index contributed by atoms with van der Waals surface area (Å²) in [6.45, 7) is 0. The Morgan fingerprint density at radius 3 is 2.68 bits per heavy atom. The number of ether oxygens (including phenoxy) is 1. The zero-order valence-electron chi connectivity index (χ0n) is 15.5. The van der Waals surface area contributed by atoms with E-state index in [9.17, 15) is 9.59 Å². The van der Waals surface area contributed by atoms with Crippen molar-refractivity contribution in [3.8, 4) is 0 Å². The molecule has 6 heteroatoms. The zero-order chi connectivity index (χ0) is 19.3. The van der Waals surface area contributed by atoms with Crippen LogP contribution in [0.3, 0.4) is 0 Å². The molecule has 0 spiro atoms. The maximum Gasteiger partial charge on any atom is 0.349 e. The Hall–Kier alpha value is -2.73. The van der Waals surface area contributed by atoms with Gasteiger partial charge >= 0.3 is 5.97 Å². The summed E-state index contributed by atoms with van der Waals surface area (Å²) in [4.78, 5) is 30.7. The first-order valence-corrected chi connectivity index (χ1v) is 10.5. The average Bonchev–Trinajstić information content (AvgIpc) is 3.27. The van der Waals surface area contributed by atoms with E-state index in [-0.39, 0.29) is 11.9 Å².